The summed E-state index contributed by atoms with van der Waals surface area (Å²) in [7, 11) is -2.17. The van der Waals surface area contributed by atoms with E-state index in [1.807, 2.05) is 0 Å². The zero-order chi connectivity index (χ0) is 42.3. The molecule has 0 saturated heterocycles. The summed E-state index contributed by atoms with van der Waals surface area (Å²) >= 11 is 0. The molecule has 0 spiro atoms. The second-order valence-corrected chi connectivity index (χ2v) is 21.3. The number of fused-ring (bicyclic) bond motifs is 3. The molecular formula is C60H44N2Si. The lowest BCUT2D eigenvalue weighted by Gasteiger charge is -2.22. The molecule has 1 aliphatic heterocycles. The quantitative estimate of drug-likeness (QED) is 0.143. The van der Waals surface area contributed by atoms with Gasteiger partial charge >= 0.3 is 0 Å². The lowest BCUT2D eigenvalue weighted by Crippen LogP contribution is -2.50. The topological polar surface area (TPSA) is 25.8 Å². The number of hydrogen-bond acceptors (Lipinski definition) is 2. The van der Waals surface area contributed by atoms with Crippen molar-refractivity contribution in [3.63, 3.8) is 0 Å². The van der Waals surface area contributed by atoms with Crippen molar-refractivity contribution in [2.75, 3.05) is 0 Å². The largest absolute Gasteiger partial charge is 0.228 e. The minimum atomic E-state index is -2.17. The van der Waals surface area contributed by atoms with E-state index in [1.54, 1.807) is 0 Å². The van der Waals surface area contributed by atoms with Gasteiger partial charge in [0.1, 0.15) is 8.07 Å². The zero-order valence-corrected chi connectivity index (χ0v) is 36.3. The number of rotatable bonds is 8. The summed E-state index contributed by atoms with van der Waals surface area (Å²) in [6, 6.07) is 83.1. The van der Waals surface area contributed by atoms with Crippen LogP contribution in [0.15, 0.2) is 231 Å². The molecule has 63 heavy (non-hydrogen) atoms. The molecule has 10 aromatic rings. The summed E-state index contributed by atoms with van der Waals surface area (Å²) in [5.74, 6) is 0.740. The Morgan fingerprint density at radius 3 is 1.02 bits per heavy atom. The van der Waals surface area contributed by atoms with Crippen molar-refractivity contribution >= 4 is 18.4 Å². The first-order valence-electron chi connectivity index (χ1n) is 21.7. The van der Waals surface area contributed by atoms with Gasteiger partial charge in [0.05, 0.1) is 11.4 Å². The Bertz CT molecular complexity index is 3310. The minimum absolute atomic E-state index is 0.740. The van der Waals surface area contributed by atoms with Crippen LogP contribution in [0.3, 0.4) is 0 Å². The van der Waals surface area contributed by atoms with E-state index in [4.69, 9.17) is 9.97 Å². The number of nitrogens with zero attached hydrogens (tertiary/aromatic N) is 2. The third kappa shape index (κ3) is 7.23. The second-order valence-electron chi connectivity index (χ2n) is 17.0. The molecule has 9 aromatic carbocycles. The molecule has 298 valence electrons. The number of hydrogen-bond donors (Lipinski definition) is 0. The standard InChI is InChI=1S/C60H44N2Si/c1-63(2)56-34-10-9-33-55(56)58-59(63)57(53-31-15-29-51(39-53)49-27-13-25-47(37-49)45-23-11-21-43(35-45)41-17-5-3-6-18-41)61-60(62-58)54-32-16-30-52(40-54)50-28-14-26-48(38-50)46-24-12-22-44(36-46)42-19-7-4-8-20-42/h3-40H,1-2H3. The van der Waals surface area contributed by atoms with Gasteiger partial charge < -0.3 is 0 Å². The van der Waals surface area contributed by atoms with Crippen molar-refractivity contribution < 1.29 is 0 Å². The predicted molar refractivity (Wildman–Crippen MR) is 268 cm³/mol. The molecule has 0 fully saturated rings. The van der Waals surface area contributed by atoms with Crippen molar-refractivity contribution in [3.8, 4) is 101 Å². The Hall–Kier alpha value is -7.72. The highest BCUT2D eigenvalue weighted by Gasteiger charge is 2.41. The Morgan fingerprint density at radius 1 is 0.270 bits per heavy atom. The van der Waals surface area contributed by atoms with Crippen LogP contribution < -0.4 is 10.4 Å². The summed E-state index contributed by atoms with van der Waals surface area (Å²) < 4.78 is 0. The molecule has 1 aromatic heterocycles. The van der Waals surface area contributed by atoms with E-state index in [0.717, 1.165) is 45.0 Å². The molecule has 0 unspecified atom stereocenters. The molecule has 2 heterocycles. The summed E-state index contributed by atoms with van der Waals surface area (Å²) in [6.07, 6.45) is 0. The Kier molecular flexibility index (Phi) is 9.68. The summed E-state index contributed by atoms with van der Waals surface area (Å²) in [5, 5.41) is 2.72. The van der Waals surface area contributed by atoms with E-state index in [0.29, 0.717) is 0 Å². The average Bonchev–Trinajstić information content (AvgIpc) is 3.60. The highest BCUT2D eigenvalue weighted by Crippen LogP contribution is 2.37. The van der Waals surface area contributed by atoms with Crippen molar-refractivity contribution in [2.45, 2.75) is 13.1 Å². The maximum absolute atomic E-state index is 5.56. The zero-order valence-electron chi connectivity index (χ0n) is 35.3. The van der Waals surface area contributed by atoms with Crippen LogP contribution in [0.25, 0.3) is 101 Å². The molecule has 1 aliphatic rings. The molecule has 0 bridgehead atoms. The monoisotopic (exact) mass is 820 g/mol. The fraction of sp³-hybridized carbons (Fsp3) is 0.0333. The molecule has 0 N–H and O–H groups in total. The van der Waals surface area contributed by atoms with Crippen LogP contribution in [-0.2, 0) is 0 Å². The predicted octanol–water partition coefficient (Wildman–Crippen LogP) is 14.6. The number of aromatic nitrogens is 2. The summed E-state index contributed by atoms with van der Waals surface area (Å²) in [4.78, 5) is 11.0. The van der Waals surface area contributed by atoms with Gasteiger partial charge in [0.15, 0.2) is 5.82 Å². The fourth-order valence-electron chi connectivity index (χ4n) is 9.41. The molecule has 11 rings (SSSR count). The van der Waals surface area contributed by atoms with Gasteiger partial charge in [-0.3, -0.25) is 0 Å². The van der Waals surface area contributed by atoms with Crippen molar-refractivity contribution in [1.82, 2.24) is 9.97 Å². The highest BCUT2D eigenvalue weighted by molar-refractivity contribution is 7.04. The molecule has 0 atom stereocenters. The SMILES string of the molecule is C[Si]1(C)c2ccccc2-c2nc(-c3cccc(-c4cccc(-c5cccc(-c6ccccc6)c5)c4)c3)nc(-c3cccc(-c4cccc(-c5cccc(-c6ccccc6)c5)c4)c3)c21. The van der Waals surface area contributed by atoms with Crippen molar-refractivity contribution in [2.24, 2.45) is 0 Å². The molecule has 2 nitrogen and oxygen atoms in total. The molecule has 3 heteroatoms. The molecule has 0 radical (unpaired) electrons. The third-order valence-electron chi connectivity index (χ3n) is 12.6. The Labute approximate surface area is 370 Å². The highest BCUT2D eigenvalue weighted by atomic mass is 28.3. The number of benzene rings is 9. The van der Waals surface area contributed by atoms with Crippen LogP contribution in [0.2, 0.25) is 13.1 Å². The van der Waals surface area contributed by atoms with Crippen molar-refractivity contribution in [1.29, 1.82) is 0 Å². The Morgan fingerprint density at radius 2 is 0.571 bits per heavy atom. The van der Waals surface area contributed by atoms with Crippen LogP contribution in [0.4, 0.5) is 0 Å². The third-order valence-corrected chi connectivity index (χ3v) is 16.2. The summed E-state index contributed by atoms with van der Waals surface area (Å²) in [5.41, 5.74) is 19.7. The molecular weight excluding hydrogens is 777 g/mol. The lowest BCUT2D eigenvalue weighted by atomic mass is 9.95. The van der Waals surface area contributed by atoms with Gasteiger partial charge in [0.2, 0.25) is 0 Å². The van der Waals surface area contributed by atoms with Gasteiger partial charge in [-0.15, -0.1) is 0 Å². The van der Waals surface area contributed by atoms with Crippen LogP contribution >= 0.6 is 0 Å². The second kappa shape index (κ2) is 16.0. The molecule has 0 aliphatic carbocycles. The lowest BCUT2D eigenvalue weighted by molar-refractivity contribution is 1.20. The molecule has 0 saturated carbocycles. The minimum Gasteiger partial charge on any atom is -0.228 e. The van der Waals surface area contributed by atoms with Crippen LogP contribution in [0.5, 0.6) is 0 Å². The van der Waals surface area contributed by atoms with Crippen LogP contribution in [0.1, 0.15) is 0 Å². The van der Waals surface area contributed by atoms with Gasteiger partial charge in [-0.25, -0.2) is 9.97 Å². The first-order valence-corrected chi connectivity index (χ1v) is 24.7. The van der Waals surface area contributed by atoms with E-state index >= 15 is 0 Å². The van der Waals surface area contributed by atoms with Crippen LogP contribution in [0, 0.1) is 0 Å². The molecule has 0 amide bonds. The first kappa shape index (κ1) is 38.2. The van der Waals surface area contributed by atoms with Gasteiger partial charge in [-0.05, 0) is 119 Å². The maximum atomic E-state index is 5.56. The normalized spacial score (nSPS) is 12.4. The Balaban J connectivity index is 0.987. The van der Waals surface area contributed by atoms with E-state index < -0.39 is 8.07 Å². The summed E-state index contributed by atoms with van der Waals surface area (Å²) in [6.45, 7) is 4.90. The van der Waals surface area contributed by atoms with Gasteiger partial charge in [0, 0.05) is 11.1 Å². The van der Waals surface area contributed by atoms with Crippen LogP contribution in [-0.4, -0.2) is 18.0 Å². The van der Waals surface area contributed by atoms with Gasteiger partial charge in [-0.1, -0.05) is 207 Å². The fourth-order valence-corrected chi connectivity index (χ4v) is 12.6. The van der Waals surface area contributed by atoms with E-state index in [1.165, 1.54) is 66.0 Å². The van der Waals surface area contributed by atoms with E-state index in [9.17, 15) is 0 Å². The van der Waals surface area contributed by atoms with Gasteiger partial charge in [0.25, 0.3) is 0 Å². The average molecular weight is 821 g/mol. The van der Waals surface area contributed by atoms with Crippen molar-refractivity contribution in [3.05, 3.63) is 231 Å². The van der Waals surface area contributed by atoms with E-state index in [2.05, 4.69) is 244 Å². The first-order chi connectivity index (χ1) is 31.0. The van der Waals surface area contributed by atoms with Gasteiger partial charge in [-0.2, -0.15) is 0 Å². The van der Waals surface area contributed by atoms with E-state index in [-0.39, 0.29) is 0 Å². The smallest absolute Gasteiger partial charge is 0.160 e. The maximum Gasteiger partial charge on any atom is 0.160 e.